The van der Waals surface area contributed by atoms with E-state index in [2.05, 4.69) is 6.92 Å². The summed E-state index contributed by atoms with van der Waals surface area (Å²) in [6.45, 7) is 3.35. The summed E-state index contributed by atoms with van der Waals surface area (Å²) in [4.78, 5) is 13.6. The summed E-state index contributed by atoms with van der Waals surface area (Å²) >= 11 is 0. The van der Waals surface area contributed by atoms with E-state index in [-0.39, 0.29) is 12.2 Å². The van der Waals surface area contributed by atoms with Crippen LogP contribution in [0.3, 0.4) is 0 Å². The van der Waals surface area contributed by atoms with Gasteiger partial charge in [-0.2, -0.15) is 0 Å². The Bertz CT molecular complexity index is 506. The molecular weight excluding hydrogens is 286 g/mol. The third kappa shape index (κ3) is 3.21. The summed E-state index contributed by atoms with van der Waals surface area (Å²) in [5, 5.41) is 0. The first-order chi connectivity index (χ1) is 10.6. The first-order valence-electron chi connectivity index (χ1n) is 7.40. The molecule has 1 amide bonds. The number of hydrogen-bond acceptors (Lipinski definition) is 5. The SMILES string of the molecule is CCCCN1CC(c2cc(OC)c(OC)c(OC)c2)OC1=O. The van der Waals surface area contributed by atoms with Crippen LogP contribution in [0.1, 0.15) is 31.4 Å². The number of unbranched alkanes of at least 4 members (excludes halogenated alkanes) is 1. The van der Waals surface area contributed by atoms with Crippen LogP contribution in [0, 0.1) is 0 Å². The molecule has 0 N–H and O–H groups in total. The summed E-state index contributed by atoms with van der Waals surface area (Å²) < 4.78 is 21.4. The van der Waals surface area contributed by atoms with Gasteiger partial charge in [-0.3, -0.25) is 0 Å². The molecule has 0 radical (unpaired) electrons. The van der Waals surface area contributed by atoms with Crippen LogP contribution in [-0.4, -0.2) is 45.4 Å². The molecule has 1 aliphatic heterocycles. The predicted molar refractivity (Wildman–Crippen MR) is 81.8 cm³/mol. The molecule has 0 saturated carbocycles. The van der Waals surface area contributed by atoms with Crippen molar-refractivity contribution < 1.29 is 23.7 Å². The quantitative estimate of drug-likeness (QED) is 0.775. The van der Waals surface area contributed by atoms with Crippen molar-refractivity contribution in [2.24, 2.45) is 0 Å². The second kappa shape index (κ2) is 7.24. The van der Waals surface area contributed by atoms with E-state index >= 15 is 0 Å². The highest BCUT2D eigenvalue weighted by molar-refractivity contribution is 5.70. The molecule has 6 nitrogen and oxygen atoms in total. The highest BCUT2D eigenvalue weighted by atomic mass is 16.6. The van der Waals surface area contributed by atoms with Gasteiger partial charge in [0.2, 0.25) is 5.75 Å². The normalized spacial score (nSPS) is 17.4. The minimum atomic E-state index is -0.321. The number of amides is 1. The highest BCUT2D eigenvalue weighted by Crippen LogP contribution is 2.41. The lowest BCUT2D eigenvalue weighted by Crippen LogP contribution is -2.25. The highest BCUT2D eigenvalue weighted by Gasteiger charge is 2.33. The number of nitrogens with zero attached hydrogens (tertiary/aromatic N) is 1. The van der Waals surface area contributed by atoms with Crippen LogP contribution in [0.2, 0.25) is 0 Å². The van der Waals surface area contributed by atoms with Gasteiger partial charge in [-0.25, -0.2) is 4.79 Å². The van der Waals surface area contributed by atoms with Crippen molar-refractivity contribution in [2.45, 2.75) is 25.9 Å². The maximum atomic E-state index is 11.9. The van der Waals surface area contributed by atoms with Gasteiger partial charge < -0.3 is 23.8 Å². The molecule has 0 aliphatic carbocycles. The van der Waals surface area contributed by atoms with Gasteiger partial charge in [-0.15, -0.1) is 0 Å². The first kappa shape index (κ1) is 16.3. The second-order valence-electron chi connectivity index (χ2n) is 5.13. The molecule has 0 spiro atoms. The molecule has 0 bridgehead atoms. The van der Waals surface area contributed by atoms with Gasteiger partial charge in [0, 0.05) is 12.1 Å². The smallest absolute Gasteiger partial charge is 0.410 e. The lowest BCUT2D eigenvalue weighted by atomic mass is 10.1. The minimum Gasteiger partial charge on any atom is -0.493 e. The molecule has 1 fully saturated rings. The average molecular weight is 309 g/mol. The largest absolute Gasteiger partial charge is 0.493 e. The fraction of sp³-hybridized carbons (Fsp3) is 0.562. The Kier molecular flexibility index (Phi) is 5.35. The molecule has 1 unspecified atom stereocenters. The molecule has 1 aliphatic rings. The minimum absolute atomic E-state index is 0.271. The summed E-state index contributed by atoms with van der Waals surface area (Å²) in [6.07, 6.45) is 1.42. The lowest BCUT2D eigenvalue weighted by molar-refractivity contribution is 0.132. The van der Waals surface area contributed by atoms with Crippen LogP contribution in [0.4, 0.5) is 4.79 Å². The summed E-state index contributed by atoms with van der Waals surface area (Å²) in [7, 11) is 4.69. The van der Waals surface area contributed by atoms with Crippen molar-refractivity contribution in [3.05, 3.63) is 17.7 Å². The molecule has 1 saturated heterocycles. The molecule has 1 aromatic rings. The Morgan fingerprint density at radius 3 is 2.32 bits per heavy atom. The predicted octanol–water partition coefficient (Wildman–Crippen LogP) is 3.01. The molecule has 22 heavy (non-hydrogen) atoms. The molecule has 1 aromatic carbocycles. The Labute approximate surface area is 130 Å². The number of benzene rings is 1. The van der Waals surface area contributed by atoms with Crippen molar-refractivity contribution in [3.8, 4) is 17.2 Å². The molecule has 122 valence electrons. The van der Waals surface area contributed by atoms with Gasteiger partial charge in [0.05, 0.1) is 27.9 Å². The molecular formula is C16H23NO5. The van der Waals surface area contributed by atoms with Crippen molar-refractivity contribution >= 4 is 6.09 Å². The molecule has 6 heteroatoms. The van der Waals surface area contributed by atoms with Gasteiger partial charge in [-0.05, 0) is 18.6 Å². The van der Waals surface area contributed by atoms with Gasteiger partial charge >= 0.3 is 6.09 Å². The van der Waals surface area contributed by atoms with Crippen LogP contribution in [0.5, 0.6) is 17.2 Å². The van der Waals surface area contributed by atoms with Crippen molar-refractivity contribution in [2.75, 3.05) is 34.4 Å². The van der Waals surface area contributed by atoms with E-state index in [0.717, 1.165) is 24.9 Å². The Hall–Kier alpha value is -2.11. The number of rotatable bonds is 7. The fourth-order valence-electron chi connectivity index (χ4n) is 2.50. The molecule has 0 aromatic heterocycles. The van der Waals surface area contributed by atoms with Crippen LogP contribution in [0.25, 0.3) is 0 Å². The zero-order valence-corrected chi connectivity index (χ0v) is 13.5. The number of methoxy groups -OCH3 is 3. The van der Waals surface area contributed by atoms with Gasteiger partial charge in [0.1, 0.15) is 6.10 Å². The van der Waals surface area contributed by atoms with E-state index in [1.807, 2.05) is 12.1 Å². The van der Waals surface area contributed by atoms with Crippen LogP contribution in [0.15, 0.2) is 12.1 Å². The van der Waals surface area contributed by atoms with Crippen molar-refractivity contribution in [1.29, 1.82) is 0 Å². The zero-order valence-electron chi connectivity index (χ0n) is 13.5. The summed E-state index contributed by atoms with van der Waals surface area (Å²) in [5.74, 6) is 1.64. The zero-order chi connectivity index (χ0) is 16.1. The monoisotopic (exact) mass is 309 g/mol. The molecule has 1 atom stereocenters. The lowest BCUT2D eigenvalue weighted by Gasteiger charge is -2.16. The number of ether oxygens (including phenoxy) is 4. The average Bonchev–Trinajstić information content (AvgIpc) is 2.92. The van der Waals surface area contributed by atoms with Crippen LogP contribution in [-0.2, 0) is 4.74 Å². The number of carbonyl (C=O) groups excluding carboxylic acids is 1. The maximum absolute atomic E-state index is 11.9. The standard InChI is InChI=1S/C16H23NO5/c1-5-6-7-17-10-14(22-16(17)18)11-8-12(19-2)15(21-4)13(9-11)20-3/h8-9,14H,5-7,10H2,1-4H3. The maximum Gasteiger partial charge on any atom is 0.410 e. The number of carbonyl (C=O) groups is 1. The van der Waals surface area contributed by atoms with Crippen molar-refractivity contribution in [1.82, 2.24) is 4.90 Å². The van der Waals surface area contributed by atoms with Gasteiger partial charge in [0.25, 0.3) is 0 Å². The Morgan fingerprint density at radius 1 is 1.18 bits per heavy atom. The summed E-state index contributed by atoms with van der Waals surface area (Å²) in [6, 6.07) is 3.64. The first-order valence-corrected chi connectivity index (χ1v) is 7.40. The van der Waals surface area contributed by atoms with E-state index in [1.54, 1.807) is 26.2 Å². The van der Waals surface area contributed by atoms with Crippen LogP contribution >= 0.6 is 0 Å². The van der Waals surface area contributed by atoms with E-state index in [1.165, 1.54) is 0 Å². The molecule has 1 heterocycles. The van der Waals surface area contributed by atoms with E-state index in [4.69, 9.17) is 18.9 Å². The topological polar surface area (TPSA) is 57.2 Å². The summed E-state index contributed by atoms with van der Waals surface area (Å²) in [5.41, 5.74) is 0.835. The van der Waals surface area contributed by atoms with Crippen LogP contribution < -0.4 is 14.2 Å². The van der Waals surface area contributed by atoms with E-state index in [0.29, 0.717) is 23.8 Å². The van der Waals surface area contributed by atoms with Gasteiger partial charge in [-0.1, -0.05) is 13.3 Å². The third-order valence-corrected chi connectivity index (χ3v) is 3.73. The number of hydrogen-bond donors (Lipinski definition) is 0. The Balaban J connectivity index is 2.24. The van der Waals surface area contributed by atoms with Gasteiger partial charge in [0.15, 0.2) is 11.5 Å². The second-order valence-corrected chi connectivity index (χ2v) is 5.13. The fourth-order valence-corrected chi connectivity index (χ4v) is 2.50. The molecule has 2 rings (SSSR count). The van der Waals surface area contributed by atoms with Crippen molar-refractivity contribution in [3.63, 3.8) is 0 Å². The third-order valence-electron chi connectivity index (χ3n) is 3.73. The Morgan fingerprint density at radius 2 is 1.82 bits per heavy atom. The number of cyclic esters (lactones) is 1. The van der Waals surface area contributed by atoms with E-state index < -0.39 is 0 Å². The van der Waals surface area contributed by atoms with E-state index in [9.17, 15) is 4.79 Å².